The molecule has 2 atom stereocenters. The molecule has 2 saturated heterocycles. The molecule has 1 amide bonds. The molecule has 4 nitrogen and oxygen atoms in total. The molecule has 4 heteroatoms. The number of amides is 1. The van der Waals surface area contributed by atoms with Crippen molar-refractivity contribution in [3.05, 3.63) is 35.9 Å². The summed E-state index contributed by atoms with van der Waals surface area (Å²) in [6.45, 7) is 3.67. The van der Waals surface area contributed by atoms with E-state index >= 15 is 0 Å². The Labute approximate surface area is 126 Å². The van der Waals surface area contributed by atoms with E-state index in [0.717, 1.165) is 25.9 Å². The molecule has 0 aromatic heterocycles. The van der Waals surface area contributed by atoms with E-state index in [-0.39, 0.29) is 5.92 Å². The summed E-state index contributed by atoms with van der Waals surface area (Å²) in [5.41, 5.74) is 7.25. The highest BCUT2D eigenvalue weighted by atomic mass is 16.5. The van der Waals surface area contributed by atoms with Crippen LogP contribution in [0.5, 0.6) is 0 Å². The third kappa shape index (κ3) is 3.11. The van der Waals surface area contributed by atoms with E-state index in [1.165, 1.54) is 5.56 Å². The molecule has 0 unspecified atom stereocenters. The lowest BCUT2D eigenvalue weighted by Gasteiger charge is -2.26. The molecule has 1 aromatic rings. The van der Waals surface area contributed by atoms with Gasteiger partial charge in [0.15, 0.2) is 0 Å². The first kappa shape index (κ1) is 14.5. The molecule has 2 aliphatic rings. The topological polar surface area (TPSA) is 55.6 Å². The molecule has 2 N–H and O–H groups in total. The standard InChI is InChI=1S/C17H24N2O2/c18-10-15-11-19(17(20)14-6-8-21-9-7-14)12-16(15)13-4-2-1-3-5-13/h1-5,14-16H,6-12,18H2/t15-,16+/m1/s1. The number of nitrogens with two attached hydrogens (primary N) is 1. The number of benzene rings is 1. The molecule has 0 radical (unpaired) electrons. The Morgan fingerprint density at radius 1 is 1.19 bits per heavy atom. The smallest absolute Gasteiger partial charge is 0.225 e. The van der Waals surface area contributed by atoms with Crippen LogP contribution in [0.4, 0.5) is 0 Å². The Balaban J connectivity index is 1.70. The van der Waals surface area contributed by atoms with Gasteiger partial charge in [0.05, 0.1) is 0 Å². The lowest BCUT2D eigenvalue weighted by atomic mass is 9.89. The first-order valence-electron chi connectivity index (χ1n) is 7.91. The van der Waals surface area contributed by atoms with Crippen LogP contribution in [-0.4, -0.2) is 43.7 Å². The SMILES string of the molecule is NC[C@@H]1CN(C(=O)C2CCOCC2)C[C@H]1c1ccccc1. The summed E-state index contributed by atoms with van der Waals surface area (Å²) < 4.78 is 5.35. The zero-order valence-corrected chi connectivity index (χ0v) is 12.4. The average Bonchev–Trinajstić information content (AvgIpc) is 3.00. The number of nitrogens with zero attached hydrogens (tertiary/aromatic N) is 1. The minimum Gasteiger partial charge on any atom is -0.381 e. The van der Waals surface area contributed by atoms with Gasteiger partial charge in [0.2, 0.25) is 5.91 Å². The van der Waals surface area contributed by atoms with E-state index in [2.05, 4.69) is 24.3 Å². The van der Waals surface area contributed by atoms with Crippen LogP contribution in [-0.2, 0) is 9.53 Å². The monoisotopic (exact) mass is 288 g/mol. The van der Waals surface area contributed by atoms with Crippen LogP contribution < -0.4 is 5.73 Å². The van der Waals surface area contributed by atoms with E-state index < -0.39 is 0 Å². The van der Waals surface area contributed by atoms with Crippen molar-refractivity contribution < 1.29 is 9.53 Å². The van der Waals surface area contributed by atoms with E-state index in [9.17, 15) is 4.79 Å². The van der Waals surface area contributed by atoms with Gasteiger partial charge in [-0.3, -0.25) is 4.79 Å². The molecule has 0 bridgehead atoms. The predicted molar refractivity (Wildman–Crippen MR) is 81.9 cm³/mol. The summed E-state index contributed by atoms with van der Waals surface area (Å²) in [5.74, 6) is 1.19. The van der Waals surface area contributed by atoms with Crippen LogP contribution in [0.15, 0.2) is 30.3 Å². The Hall–Kier alpha value is -1.39. The molecule has 0 saturated carbocycles. The molecule has 2 fully saturated rings. The van der Waals surface area contributed by atoms with Gasteiger partial charge in [0.1, 0.15) is 0 Å². The van der Waals surface area contributed by atoms with Crippen LogP contribution >= 0.6 is 0 Å². The summed E-state index contributed by atoms with van der Waals surface area (Å²) in [5, 5.41) is 0. The highest BCUT2D eigenvalue weighted by Crippen LogP contribution is 2.33. The molecule has 0 aliphatic carbocycles. The summed E-state index contributed by atoms with van der Waals surface area (Å²) in [7, 11) is 0. The number of rotatable bonds is 3. The van der Waals surface area contributed by atoms with E-state index in [4.69, 9.17) is 10.5 Å². The van der Waals surface area contributed by atoms with Crippen molar-refractivity contribution in [1.82, 2.24) is 4.90 Å². The molecule has 114 valence electrons. The van der Waals surface area contributed by atoms with Gasteiger partial charge in [-0.25, -0.2) is 0 Å². The van der Waals surface area contributed by atoms with Gasteiger partial charge in [-0.15, -0.1) is 0 Å². The van der Waals surface area contributed by atoms with Crippen molar-refractivity contribution >= 4 is 5.91 Å². The molecule has 1 aromatic carbocycles. The minimum atomic E-state index is 0.145. The molecule has 2 aliphatic heterocycles. The third-order valence-electron chi connectivity index (χ3n) is 4.85. The van der Waals surface area contributed by atoms with Gasteiger partial charge >= 0.3 is 0 Å². The van der Waals surface area contributed by atoms with Crippen LogP contribution in [0.3, 0.4) is 0 Å². The molecular formula is C17H24N2O2. The Morgan fingerprint density at radius 3 is 2.57 bits per heavy atom. The first-order chi connectivity index (χ1) is 10.3. The van der Waals surface area contributed by atoms with Crippen molar-refractivity contribution in [3.8, 4) is 0 Å². The predicted octanol–water partition coefficient (Wildman–Crippen LogP) is 1.61. The van der Waals surface area contributed by atoms with Gasteiger partial charge in [0, 0.05) is 38.1 Å². The lowest BCUT2D eigenvalue weighted by Crippen LogP contribution is -2.37. The fourth-order valence-electron chi connectivity index (χ4n) is 3.57. The molecular weight excluding hydrogens is 264 g/mol. The second-order valence-electron chi connectivity index (χ2n) is 6.14. The van der Waals surface area contributed by atoms with Gasteiger partial charge in [0.25, 0.3) is 0 Å². The normalized spacial score (nSPS) is 27.0. The van der Waals surface area contributed by atoms with Gasteiger partial charge in [-0.1, -0.05) is 30.3 Å². The van der Waals surface area contributed by atoms with Crippen molar-refractivity contribution in [2.45, 2.75) is 18.8 Å². The van der Waals surface area contributed by atoms with Crippen molar-refractivity contribution in [2.75, 3.05) is 32.8 Å². The number of carbonyl (C=O) groups is 1. The molecule has 21 heavy (non-hydrogen) atoms. The highest BCUT2D eigenvalue weighted by Gasteiger charge is 2.37. The molecule has 3 rings (SSSR count). The summed E-state index contributed by atoms with van der Waals surface area (Å²) in [4.78, 5) is 14.7. The van der Waals surface area contributed by atoms with Crippen LogP contribution in [0.25, 0.3) is 0 Å². The van der Waals surface area contributed by atoms with Crippen molar-refractivity contribution in [1.29, 1.82) is 0 Å². The van der Waals surface area contributed by atoms with Gasteiger partial charge < -0.3 is 15.4 Å². The molecule has 0 spiro atoms. The number of carbonyl (C=O) groups excluding carboxylic acids is 1. The average molecular weight is 288 g/mol. The maximum absolute atomic E-state index is 12.7. The van der Waals surface area contributed by atoms with Crippen molar-refractivity contribution in [3.63, 3.8) is 0 Å². The highest BCUT2D eigenvalue weighted by molar-refractivity contribution is 5.79. The van der Waals surface area contributed by atoms with Gasteiger partial charge in [-0.2, -0.15) is 0 Å². The van der Waals surface area contributed by atoms with Gasteiger partial charge in [-0.05, 0) is 30.9 Å². The third-order valence-corrected chi connectivity index (χ3v) is 4.85. The van der Waals surface area contributed by atoms with Crippen LogP contribution in [0, 0.1) is 11.8 Å². The second kappa shape index (κ2) is 6.58. The van der Waals surface area contributed by atoms with E-state index in [0.29, 0.717) is 37.5 Å². The quantitative estimate of drug-likeness (QED) is 0.919. The first-order valence-corrected chi connectivity index (χ1v) is 7.91. The minimum absolute atomic E-state index is 0.145. The Bertz CT molecular complexity index is 471. The van der Waals surface area contributed by atoms with Crippen molar-refractivity contribution in [2.24, 2.45) is 17.6 Å². The summed E-state index contributed by atoms with van der Waals surface area (Å²) in [6.07, 6.45) is 1.72. The van der Waals surface area contributed by atoms with E-state index in [1.54, 1.807) is 0 Å². The fraction of sp³-hybridized carbons (Fsp3) is 0.588. The Kier molecular flexibility index (Phi) is 4.56. The Morgan fingerprint density at radius 2 is 1.90 bits per heavy atom. The molecule has 2 heterocycles. The fourth-order valence-corrected chi connectivity index (χ4v) is 3.57. The number of hydrogen-bond donors (Lipinski definition) is 1. The maximum Gasteiger partial charge on any atom is 0.225 e. The second-order valence-corrected chi connectivity index (χ2v) is 6.14. The largest absolute Gasteiger partial charge is 0.381 e. The van der Waals surface area contributed by atoms with Crippen LogP contribution in [0.1, 0.15) is 24.3 Å². The number of ether oxygens (including phenoxy) is 1. The lowest BCUT2D eigenvalue weighted by molar-refractivity contribution is -0.137. The number of likely N-dealkylation sites (tertiary alicyclic amines) is 1. The number of hydrogen-bond acceptors (Lipinski definition) is 3. The summed E-state index contributed by atoms with van der Waals surface area (Å²) >= 11 is 0. The maximum atomic E-state index is 12.7. The summed E-state index contributed by atoms with van der Waals surface area (Å²) in [6, 6.07) is 10.4. The zero-order chi connectivity index (χ0) is 14.7. The van der Waals surface area contributed by atoms with Crippen LogP contribution in [0.2, 0.25) is 0 Å². The van der Waals surface area contributed by atoms with E-state index in [1.807, 2.05) is 11.0 Å². The zero-order valence-electron chi connectivity index (χ0n) is 12.4.